The Labute approximate surface area is 172 Å². The summed E-state index contributed by atoms with van der Waals surface area (Å²) in [6, 6.07) is 21.8. The predicted molar refractivity (Wildman–Crippen MR) is 117 cm³/mol. The number of aliphatic hydroxyl groups excluding tert-OH is 1. The Morgan fingerprint density at radius 1 is 0.897 bits per heavy atom. The first-order valence-electron chi connectivity index (χ1n) is 10.0. The summed E-state index contributed by atoms with van der Waals surface area (Å²) >= 11 is 0. The van der Waals surface area contributed by atoms with E-state index in [9.17, 15) is 13.5 Å². The molecule has 6 heteroatoms. The van der Waals surface area contributed by atoms with Crippen LogP contribution in [0.4, 0.5) is 5.69 Å². The van der Waals surface area contributed by atoms with Gasteiger partial charge in [-0.05, 0) is 49.5 Å². The van der Waals surface area contributed by atoms with Gasteiger partial charge in [0.1, 0.15) is 0 Å². The van der Waals surface area contributed by atoms with Crippen LogP contribution in [0.3, 0.4) is 0 Å². The quantitative estimate of drug-likeness (QED) is 0.648. The number of nitrogens with zero attached hydrogens (tertiary/aromatic N) is 2. The molecule has 0 amide bonds. The molecule has 5 nitrogen and oxygen atoms in total. The van der Waals surface area contributed by atoms with Gasteiger partial charge >= 0.3 is 0 Å². The molecule has 0 bridgehead atoms. The molecule has 0 spiro atoms. The molecule has 0 saturated carbocycles. The summed E-state index contributed by atoms with van der Waals surface area (Å²) in [4.78, 5) is 2.42. The standard InChI is InChI=1S/C23H26N2O3S/c26-20(17-24-15-6-7-16-24)18-25(29(27,28)21-11-2-1-3-12-21)23-14-8-10-19-9-4-5-13-22(19)23/h1-5,8-14,20,26H,6-7,15-18H2/t20-/m1/s1. The zero-order valence-electron chi connectivity index (χ0n) is 16.3. The fraction of sp³-hybridized carbons (Fsp3) is 0.304. The van der Waals surface area contributed by atoms with E-state index >= 15 is 0 Å². The summed E-state index contributed by atoms with van der Waals surface area (Å²) in [5, 5.41) is 12.6. The average Bonchev–Trinajstić information content (AvgIpc) is 3.25. The van der Waals surface area contributed by atoms with Gasteiger partial charge < -0.3 is 10.0 Å². The van der Waals surface area contributed by atoms with Gasteiger partial charge in [0.2, 0.25) is 0 Å². The van der Waals surface area contributed by atoms with E-state index in [2.05, 4.69) is 4.90 Å². The third-order valence-electron chi connectivity index (χ3n) is 5.41. The molecule has 1 aliphatic rings. The molecule has 4 rings (SSSR count). The van der Waals surface area contributed by atoms with Crippen molar-refractivity contribution in [2.45, 2.75) is 23.8 Å². The van der Waals surface area contributed by atoms with Crippen LogP contribution in [0.25, 0.3) is 10.8 Å². The van der Waals surface area contributed by atoms with E-state index in [-0.39, 0.29) is 11.4 Å². The predicted octanol–water partition coefficient (Wildman–Crippen LogP) is 3.49. The normalized spacial score (nSPS) is 16.2. The summed E-state index contributed by atoms with van der Waals surface area (Å²) in [6.07, 6.45) is 1.48. The number of rotatable bonds is 7. The molecule has 3 aromatic carbocycles. The summed E-state index contributed by atoms with van der Waals surface area (Å²) < 4.78 is 28.5. The first kappa shape index (κ1) is 19.9. The number of anilines is 1. The van der Waals surface area contributed by atoms with Gasteiger partial charge in [0.05, 0.1) is 23.2 Å². The number of hydrogen-bond acceptors (Lipinski definition) is 4. The fourth-order valence-corrected chi connectivity index (χ4v) is 5.53. The summed E-state index contributed by atoms with van der Waals surface area (Å²) in [5.74, 6) is 0. The minimum absolute atomic E-state index is 0.0156. The van der Waals surface area contributed by atoms with Crippen LogP contribution < -0.4 is 4.31 Å². The first-order valence-corrected chi connectivity index (χ1v) is 11.5. The second kappa shape index (κ2) is 8.53. The Morgan fingerprint density at radius 3 is 2.31 bits per heavy atom. The van der Waals surface area contributed by atoms with Crippen molar-refractivity contribution < 1.29 is 13.5 Å². The number of benzene rings is 3. The van der Waals surface area contributed by atoms with Gasteiger partial charge in [-0.1, -0.05) is 54.6 Å². The number of hydrogen-bond donors (Lipinski definition) is 1. The maximum Gasteiger partial charge on any atom is 0.264 e. The molecule has 1 N–H and O–H groups in total. The van der Waals surface area contributed by atoms with Crippen LogP contribution in [0, 0.1) is 0 Å². The molecule has 152 valence electrons. The van der Waals surface area contributed by atoms with Gasteiger partial charge in [-0.3, -0.25) is 4.31 Å². The maximum atomic E-state index is 13.6. The van der Waals surface area contributed by atoms with Crippen LogP contribution >= 0.6 is 0 Å². The number of sulfonamides is 1. The third kappa shape index (κ3) is 4.29. The Hall–Kier alpha value is -2.41. The molecule has 1 saturated heterocycles. The van der Waals surface area contributed by atoms with Crippen LogP contribution in [-0.2, 0) is 10.0 Å². The second-order valence-electron chi connectivity index (χ2n) is 7.51. The molecule has 1 heterocycles. The molecule has 0 unspecified atom stereocenters. The molecule has 0 aliphatic carbocycles. The van der Waals surface area contributed by atoms with Crippen molar-refractivity contribution >= 4 is 26.5 Å². The van der Waals surface area contributed by atoms with Crippen molar-refractivity contribution in [2.24, 2.45) is 0 Å². The third-order valence-corrected chi connectivity index (χ3v) is 7.20. The summed E-state index contributed by atoms with van der Waals surface area (Å²) in [7, 11) is -3.82. The zero-order valence-corrected chi connectivity index (χ0v) is 17.1. The molecule has 0 aromatic heterocycles. The topological polar surface area (TPSA) is 60.9 Å². The Kier molecular flexibility index (Phi) is 5.85. The Morgan fingerprint density at radius 2 is 1.55 bits per heavy atom. The van der Waals surface area contributed by atoms with Crippen LogP contribution in [0.5, 0.6) is 0 Å². The van der Waals surface area contributed by atoms with E-state index in [1.807, 2.05) is 42.5 Å². The minimum Gasteiger partial charge on any atom is -0.390 e. The van der Waals surface area contributed by atoms with Gasteiger partial charge in [-0.2, -0.15) is 0 Å². The second-order valence-corrected chi connectivity index (χ2v) is 9.37. The van der Waals surface area contributed by atoms with Gasteiger partial charge in [0.25, 0.3) is 10.0 Å². The lowest BCUT2D eigenvalue weighted by atomic mass is 10.1. The smallest absolute Gasteiger partial charge is 0.264 e. The summed E-state index contributed by atoms with van der Waals surface area (Å²) in [6.45, 7) is 2.40. The van der Waals surface area contributed by atoms with Crippen LogP contribution in [-0.4, -0.2) is 50.7 Å². The highest BCUT2D eigenvalue weighted by Gasteiger charge is 2.29. The highest BCUT2D eigenvalue weighted by atomic mass is 32.2. The van der Waals surface area contributed by atoms with E-state index in [1.54, 1.807) is 30.3 Å². The molecule has 1 atom stereocenters. The fourth-order valence-electron chi connectivity index (χ4n) is 3.98. The van der Waals surface area contributed by atoms with Gasteiger partial charge in [0, 0.05) is 11.9 Å². The average molecular weight is 411 g/mol. The van der Waals surface area contributed by atoms with E-state index < -0.39 is 16.1 Å². The molecule has 1 fully saturated rings. The van der Waals surface area contributed by atoms with Gasteiger partial charge in [0.15, 0.2) is 0 Å². The lowest BCUT2D eigenvalue weighted by Crippen LogP contribution is -2.42. The highest BCUT2D eigenvalue weighted by molar-refractivity contribution is 7.92. The number of fused-ring (bicyclic) bond motifs is 1. The lowest BCUT2D eigenvalue weighted by molar-refractivity contribution is 0.132. The van der Waals surface area contributed by atoms with E-state index in [0.29, 0.717) is 12.2 Å². The number of aliphatic hydroxyl groups is 1. The number of β-amino-alcohol motifs (C(OH)–C–C–N with tert-alkyl or cyclic N) is 1. The van der Waals surface area contributed by atoms with E-state index in [4.69, 9.17) is 0 Å². The van der Waals surface area contributed by atoms with Crippen molar-refractivity contribution in [3.05, 3.63) is 72.8 Å². The SMILES string of the molecule is O=S(=O)(c1ccccc1)N(C[C@H](O)CN1CCCC1)c1cccc2ccccc12. The van der Waals surface area contributed by atoms with Crippen molar-refractivity contribution in [1.82, 2.24) is 4.90 Å². The van der Waals surface area contributed by atoms with E-state index in [1.165, 1.54) is 4.31 Å². The molecular formula is C23H26N2O3S. The number of likely N-dealkylation sites (tertiary alicyclic amines) is 1. The zero-order chi connectivity index (χ0) is 20.3. The highest BCUT2D eigenvalue weighted by Crippen LogP contribution is 2.31. The molecular weight excluding hydrogens is 384 g/mol. The van der Waals surface area contributed by atoms with Crippen molar-refractivity contribution in [1.29, 1.82) is 0 Å². The molecule has 1 aliphatic heterocycles. The van der Waals surface area contributed by atoms with Crippen LogP contribution in [0.2, 0.25) is 0 Å². The molecule has 0 radical (unpaired) electrons. The maximum absolute atomic E-state index is 13.6. The minimum atomic E-state index is -3.82. The van der Waals surface area contributed by atoms with Gasteiger partial charge in [-0.25, -0.2) is 8.42 Å². The van der Waals surface area contributed by atoms with Crippen LogP contribution in [0.1, 0.15) is 12.8 Å². The first-order chi connectivity index (χ1) is 14.1. The van der Waals surface area contributed by atoms with E-state index in [0.717, 1.165) is 36.7 Å². The van der Waals surface area contributed by atoms with Crippen molar-refractivity contribution in [3.8, 4) is 0 Å². The lowest BCUT2D eigenvalue weighted by Gasteiger charge is -2.29. The molecule has 3 aromatic rings. The van der Waals surface area contributed by atoms with Gasteiger partial charge in [-0.15, -0.1) is 0 Å². The van der Waals surface area contributed by atoms with Crippen molar-refractivity contribution in [2.75, 3.05) is 30.5 Å². The largest absolute Gasteiger partial charge is 0.390 e. The molecule has 29 heavy (non-hydrogen) atoms. The monoisotopic (exact) mass is 410 g/mol. The van der Waals surface area contributed by atoms with Crippen molar-refractivity contribution in [3.63, 3.8) is 0 Å². The Bertz CT molecular complexity index is 1060. The van der Waals surface area contributed by atoms with Crippen LogP contribution in [0.15, 0.2) is 77.7 Å². The summed E-state index contributed by atoms with van der Waals surface area (Å²) in [5.41, 5.74) is 0.590. The Balaban J connectivity index is 1.74.